The zero-order chi connectivity index (χ0) is 13.7. The van der Waals surface area contributed by atoms with Gasteiger partial charge in [0, 0.05) is 23.9 Å². The first-order valence-corrected chi connectivity index (χ1v) is 7.65. The Balaban J connectivity index is 1.47. The van der Waals surface area contributed by atoms with Crippen molar-refractivity contribution in [3.63, 3.8) is 0 Å². The molecular formula is C16H19FN2O. The molecule has 3 fully saturated rings. The SMILES string of the molecule is O=C(N[C@H]1C[C@@H]2C[C@@H]1[C@@H]1CCC[C@@H]21)c1ccnc(F)c1. The van der Waals surface area contributed by atoms with E-state index in [0.717, 1.165) is 24.2 Å². The van der Waals surface area contributed by atoms with Gasteiger partial charge in [-0.2, -0.15) is 4.39 Å². The van der Waals surface area contributed by atoms with Gasteiger partial charge in [-0.3, -0.25) is 4.79 Å². The van der Waals surface area contributed by atoms with E-state index in [1.165, 1.54) is 37.9 Å². The molecule has 3 aliphatic rings. The molecule has 1 amide bonds. The van der Waals surface area contributed by atoms with Gasteiger partial charge in [-0.1, -0.05) is 6.42 Å². The van der Waals surface area contributed by atoms with Gasteiger partial charge in [-0.25, -0.2) is 4.98 Å². The number of nitrogens with zero attached hydrogens (tertiary/aromatic N) is 1. The topological polar surface area (TPSA) is 42.0 Å². The fraction of sp³-hybridized carbons (Fsp3) is 0.625. The van der Waals surface area contributed by atoms with Gasteiger partial charge in [0.25, 0.3) is 5.91 Å². The van der Waals surface area contributed by atoms with Crippen molar-refractivity contribution < 1.29 is 9.18 Å². The number of rotatable bonds is 2. The highest BCUT2D eigenvalue weighted by Crippen LogP contribution is 2.58. The summed E-state index contributed by atoms with van der Waals surface area (Å²) in [6, 6.07) is 3.08. The summed E-state index contributed by atoms with van der Waals surface area (Å²) in [6.45, 7) is 0. The van der Waals surface area contributed by atoms with Crippen LogP contribution in [0.25, 0.3) is 0 Å². The van der Waals surface area contributed by atoms with E-state index in [4.69, 9.17) is 0 Å². The molecule has 0 unspecified atom stereocenters. The number of carbonyl (C=O) groups excluding carboxylic acids is 1. The lowest BCUT2D eigenvalue weighted by Crippen LogP contribution is -2.42. The molecule has 5 atom stereocenters. The van der Waals surface area contributed by atoms with Crippen LogP contribution in [0.5, 0.6) is 0 Å². The molecule has 1 aromatic heterocycles. The van der Waals surface area contributed by atoms with E-state index >= 15 is 0 Å². The van der Waals surface area contributed by atoms with E-state index in [-0.39, 0.29) is 5.91 Å². The van der Waals surface area contributed by atoms with Gasteiger partial charge in [0.15, 0.2) is 0 Å². The van der Waals surface area contributed by atoms with Gasteiger partial charge in [0.1, 0.15) is 0 Å². The molecular weight excluding hydrogens is 255 g/mol. The smallest absolute Gasteiger partial charge is 0.251 e. The van der Waals surface area contributed by atoms with Gasteiger partial charge in [-0.15, -0.1) is 0 Å². The maximum absolute atomic E-state index is 13.1. The Morgan fingerprint density at radius 2 is 2.10 bits per heavy atom. The standard InChI is InChI=1S/C16H19FN2O/c17-15-8-9(4-5-18-15)16(20)19-14-7-10-6-13(14)12-3-1-2-11(10)12/h4-5,8,10-14H,1-3,6-7H2,(H,19,20)/t10-,11-,12+,13+,14-/m0/s1. The normalized spacial score (nSPS) is 38.0. The number of amides is 1. The van der Waals surface area contributed by atoms with Crippen molar-refractivity contribution in [2.45, 2.75) is 38.1 Å². The molecule has 4 rings (SSSR count). The van der Waals surface area contributed by atoms with Crippen molar-refractivity contribution in [3.8, 4) is 0 Å². The van der Waals surface area contributed by atoms with Crippen molar-refractivity contribution in [1.82, 2.24) is 10.3 Å². The maximum atomic E-state index is 13.1. The predicted molar refractivity (Wildman–Crippen MR) is 72.5 cm³/mol. The van der Waals surface area contributed by atoms with Crippen LogP contribution in [-0.2, 0) is 0 Å². The average Bonchev–Trinajstić information content (AvgIpc) is 3.10. The summed E-state index contributed by atoms with van der Waals surface area (Å²) >= 11 is 0. The molecule has 2 bridgehead atoms. The second-order valence-corrected chi connectivity index (χ2v) is 6.60. The Labute approximate surface area is 118 Å². The third kappa shape index (κ3) is 1.85. The van der Waals surface area contributed by atoms with Crippen LogP contribution in [0, 0.1) is 29.6 Å². The highest BCUT2D eigenvalue weighted by Gasteiger charge is 2.54. The molecule has 0 aliphatic heterocycles. The Morgan fingerprint density at radius 3 is 2.95 bits per heavy atom. The fourth-order valence-corrected chi connectivity index (χ4v) is 5.03. The minimum Gasteiger partial charge on any atom is -0.349 e. The van der Waals surface area contributed by atoms with Gasteiger partial charge in [0.2, 0.25) is 5.95 Å². The van der Waals surface area contributed by atoms with Crippen LogP contribution in [0.1, 0.15) is 42.5 Å². The number of halogens is 1. The average molecular weight is 274 g/mol. The van der Waals surface area contributed by atoms with Gasteiger partial charge >= 0.3 is 0 Å². The molecule has 0 spiro atoms. The molecule has 106 valence electrons. The Morgan fingerprint density at radius 1 is 1.25 bits per heavy atom. The maximum Gasteiger partial charge on any atom is 0.251 e. The van der Waals surface area contributed by atoms with E-state index in [2.05, 4.69) is 10.3 Å². The second-order valence-electron chi connectivity index (χ2n) is 6.60. The molecule has 0 aromatic carbocycles. The van der Waals surface area contributed by atoms with Crippen LogP contribution >= 0.6 is 0 Å². The molecule has 3 nitrogen and oxygen atoms in total. The van der Waals surface area contributed by atoms with E-state index < -0.39 is 5.95 Å². The van der Waals surface area contributed by atoms with Crippen LogP contribution in [-0.4, -0.2) is 16.9 Å². The fourth-order valence-electron chi connectivity index (χ4n) is 5.03. The molecule has 20 heavy (non-hydrogen) atoms. The summed E-state index contributed by atoms with van der Waals surface area (Å²) in [5.41, 5.74) is 0.378. The number of nitrogens with one attached hydrogen (secondary N) is 1. The lowest BCUT2D eigenvalue weighted by Gasteiger charge is -2.32. The predicted octanol–water partition coefficient (Wildman–Crippen LogP) is 2.78. The van der Waals surface area contributed by atoms with Crippen molar-refractivity contribution in [3.05, 3.63) is 29.8 Å². The van der Waals surface area contributed by atoms with E-state index in [1.54, 1.807) is 6.07 Å². The minimum atomic E-state index is -0.596. The summed E-state index contributed by atoms with van der Waals surface area (Å²) in [7, 11) is 0. The number of carbonyl (C=O) groups is 1. The first kappa shape index (κ1) is 12.3. The Kier molecular flexibility index (Phi) is 2.79. The lowest BCUT2D eigenvalue weighted by molar-refractivity contribution is 0.0900. The summed E-state index contributed by atoms with van der Waals surface area (Å²) in [5.74, 6) is 2.47. The second kappa shape index (κ2) is 4.54. The van der Waals surface area contributed by atoms with Crippen molar-refractivity contribution in [2.24, 2.45) is 23.7 Å². The third-order valence-corrected chi connectivity index (χ3v) is 5.73. The van der Waals surface area contributed by atoms with E-state index in [1.807, 2.05) is 0 Å². The molecule has 4 heteroatoms. The van der Waals surface area contributed by atoms with Crippen LogP contribution in [0.3, 0.4) is 0 Å². The third-order valence-electron chi connectivity index (χ3n) is 5.73. The van der Waals surface area contributed by atoms with E-state index in [9.17, 15) is 9.18 Å². The monoisotopic (exact) mass is 274 g/mol. The Bertz CT molecular complexity index is 547. The van der Waals surface area contributed by atoms with Crippen LogP contribution in [0.2, 0.25) is 0 Å². The Hall–Kier alpha value is -1.45. The first-order chi connectivity index (χ1) is 9.72. The molecule has 3 saturated carbocycles. The summed E-state index contributed by atoms with van der Waals surface area (Å²) < 4.78 is 13.1. The molecule has 1 heterocycles. The quantitative estimate of drug-likeness (QED) is 0.843. The summed E-state index contributed by atoms with van der Waals surface area (Å²) in [6.07, 6.45) is 7.83. The summed E-state index contributed by atoms with van der Waals surface area (Å²) in [5, 5.41) is 3.13. The van der Waals surface area contributed by atoms with Crippen molar-refractivity contribution in [2.75, 3.05) is 0 Å². The molecule has 0 radical (unpaired) electrons. The highest BCUT2D eigenvalue weighted by molar-refractivity contribution is 5.94. The van der Waals surface area contributed by atoms with Crippen molar-refractivity contribution >= 4 is 5.91 Å². The summed E-state index contributed by atoms with van der Waals surface area (Å²) in [4.78, 5) is 15.7. The lowest BCUT2D eigenvalue weighted by atomic mass is 9.79. The molecule has 3 aliphatic carbocycles. The number of fused-ring (bicyclic) bond motifs is 5. The number of hydrogen-bond donors (Lipinski definition) is 1. The molecule has 0 saturated heterocycles. The van der Waals surface area contributed by atoms with E-state index in [0.29, 0.717) is 17.5 Å². The van der Waals surface area contributed by atoms with Gasteiger partial charge < -0.3 is 5.32 Å². The van der Waals surface area contributed by atoms with Crippen molar-refractivity contribution in [1.29, 1.82) is 0 Å². The first-order valence-electron chi connectivity index (χ1n) is 7.65. The van der Waals surface area contributed by atoms with Crippen LogP contribution < -0.4 is 5.32 Å². The minimum absolute atomic E-state index is 0.154. The number of hydrogen-bond acceptors (Lipinski definition) is 2. The molecule has 1 aromatic rings. The zero-order valence-electron chi connectivity index (χ0n) is 11.4. The van der Waals surface area contributed by atoms with Crippen LogP contribution in [0.4, 0.5) is 4.39 Å². The molecule has 1 N–H and O–H groups in total. The number of aromatic nitrogens is 1. The van der Waals surface area contributed by atoms with Gasteiger partial charge in [0.05, 0.1) is 0 Å². The largest absolute Gasteiger partial charge is 0.349 e. The number of pyridine rings is 1. The van der Waals surface area contributed by atoms with Gasteiger partial charge in [-0.05, 0) is 55.4 Å². The zero-order valence-corrected chi connectivity index (χ0v) is 11.4. The van der Waals surface area contributed by atoms with Crippen LogP contribution in [0.15, 0.2) is 18.3 Å². The highest BCUT2D eigenvalue weighted by atomic mass is 19.1.